The van der Waals surface area contributed by atoms with Crippen molar-refractivity contribution < 1.29 is 0 Å². The van der Waals surface area contributed by atoms with E-state index in [0.717, 1.165) is 0 Å². The maximum absolute atomic E-state index is 5.37. The van der Waals surface area contributed by atoms with Gasteiger partial charge in [0.1, 0.15) is 0 Å². The van der Waals surface area contributed by atoms with Crippen molar-refractivity contribution in [3.8, 4) is 12.3 Å². The largest absolute Gasteiger partial charge is 0.378 e. The first-order valence-corrected chi connectivity index (χ1v) is 4.38. The van der Waals surface area contributed by atoms with Crippen molar-refractivity contribution in [3.63, 3.8) is 0 Å². The highest BCUT2D eigenvalue weighted by Gasteiger charge is 2.02. The lowest BCUT2D eigenvalue weighted by Gasteiger charge is -2.14. The topological polar surface area (TPSA) is 3.24 Å². The average Bonchev–Trinajstić information content (AvgIpc) is 2.17. The molecule has 1 nitrogen and oxygen atoms in total. The first-order valence-electron chi connectivity index (χ1n) is 4.38. The number of anilines is 1. The molecule has 0 saturated heterocycles. The predicted octanol–water partition coefficient (Wildman–Crippen LogP) is 2.49. The molecule has 0 spiro atoms. The lowest BCUT2D eigenvalue weighted by atomic mass is 10.0. The van der Waals surface area contributed by atoms with Gasteiger partial charge in [0.2, 0.25) is 0 Å². The van der Waals surface area contributed by atoms with E-state index in [4.69, 9.17) is 6.42 Å². The molecule has 0 radical (unpaired) electrons. The van der Waals surface area contributed by atoms with Crippen LogP contribution >= 0.6 is 0 Å². The Hall–Kier alpha value is -1.42. The van der Waals surface area contributed by atoms with Gasteiger partial charge in [-0.15, -0.1) is 6.42 Å². The number of hydrogen-bond donors (Lipinski definition) is 0. The minimum absolute atomic E-state index is 0.194. The molecule has 0 aliphatic rings. The van der Waals surface area contributed by atoms with Gasteiger partial charge in [-0.05, 0) is 24.6 Å². The Bertz CT molecular complexity index is 320. The van der Waals surface area contributed by atoms with E-state index in [2.05, 4.69) is 29.0 Å². The fourth-order valence-corrected chi connectivity index (χ4v) is 1.17. The second-order valence-electron chi connectivity index (χ2n) is 3.38. The maximum atomic E-state index is 5.37. The van der Waals surface area contributed by atoms with Crippen LogP contribution in [0.3, 0.4) is 0 Å². The van der Waals surface area contributed by atoms with Crippen LogP contribution in [-0.2, 0) is 0 Å². The lowest BCUT2D eigenvalue weighted by Crippen LogP contribution is -2.08. The van der Waals surface area contributed by atoms with Crippen LogP contribution in [0.4, 0.5) is 5.69 Å². The summed E-state index contributed by atoms with van der Waals surface area (Å²) in [5, 5.41) is 0. The van der Waals surface area contributed by atoms with E-state index in [1.807, 2.05) is 27.1 Å². The van der Waals surface area contributed by atoms with Crippen LogP contribution in [0.25, 0.3) is 0 Å². The van der Waals surface area contributed by atoms with E-state index < -0.39 is 0 Å². The third kappa shape index (κ3) is 2.26. The molecule has 0 heterocycles. The monoisotopic (exact) mass is 173 g/mol. The third-order valence-electron chi connectivity index (χ3n) is 2.14. The SMILES string of the molecule is C#CC(C)c1cccc(N(C)C)c1. The minimum atomic E-state index is 0.194. The zero-order chi connectivity index (χ0) is 9.84. The highest BCUT2D eigenvalue weighted by Crippen LogP contribution is 2.19. The van der Waals surface area contributed by atoms with Gasteiger partial charge in [0, 0.05) is 25.7 Å². The molecular formula is C12H15N. The van der Waals surface area contributed by atoms with Gasteiger partial charge in [0.25, 0.3) is 0 Å². The molecule has 1 atom stereocenters. The molecule has 0 bridgehead atoms. The molecule has 0 fully saturated rings. The zero-order valence-corrected chi connectivity index (χ0v) is 8.41. The maximum Gasteiger partial charge on any atom is 0.0422 e. The summed E-state index contributed by atoms with van der Waals surface area (Å²) in [5.41, 5.74) is 2.40. The molecule has 0 aromatic heterocycles. The van der Waals surface area contributed by atoms with E-state index >= 15 is 0 Å². The van der Waals surface area contributed by atoms with E-state index in [9.17, 15) is 0 Å². The summed E-state index contributed by atoms with van der Waals surface area (Å²) in [6.45, 7) is 2.04. The van der Waals surface area contributed by atoms with Gasteiger partial charge < -0.3 is 4.90 Å². The normalized spacial score (nSPS) is 11.8. The van der Waals surface area contributed by atoms with E-state index in [1.54, 1.807) is 0 Å². The van der Waals surface area contributed by atoms with Crippen LogP contribution in [0, 0.1) is 12.3 Å². The van der Waals surface area contributed by atoms with Gasteiger partial charge in [-0.3, -0.25) is 0 Å². The van der Waals surface area contributed by atoms with Crippen molar-refractivity contribution in [2.45, 2.75) is 12.8 Å². The number of terminal acetylenes is 1. The molecule has 68 valence electrons. The summed E-state index contributed by atoms with van der Waals surface area (Å²) in [6.07, 6.45) is 5.37. The second kappa shape index (κ2) is 4.00. The first-order chi connectivity index (χ1) is 6.15. The van der Waals surface area contributed by atoms with Crippen LogP contribution in [0.15, 0.2) is 24.3 Å². The van der Waals surface area contributed by atoms with E-state index in [0.29, 0.717) is 0 Å². The summed E-state index contributed by atoms with van der Waals surface area (Å²) in [5.74, 6) is 2.92. The summed E-state index contributed by atoms with van der Waals surface area (Å²) < 4.78 is 0. The standard InChI is InChI=1S/C12H15N/c1-5-10(2)11-7-6-8-12(9-11)13(3)4/h1,6-10H,2-4H3. The molecule has 0 N–H and O–H groups in total. The van der Waals surface area contributed by atoms with Gasteiger partial charge >= 0.3 is 0 Å². The fraction of sp³-hybridized carbons (Fsp3) is 0.333. The Labute approximate surface area is 80.4 Å². The van der Waals surface area contributed by atoms with Crippen LogP contribution < -0.4 is 4.90 Å². The smallest absolute Gasteiger partial charge is 0.0422 e. The van der Waals surface area contributed by atoms with E-state index in [1.165, 1.54) is 11.3 Å². The molecule has 1 heteroatoms. The Morgan fingerprint density at radius 3 is 2.62 bits per heavy atom. The molecule has 1 aromatic carbocycles. The molecular weight excluding hydrogens is 158 g/mol. The van der Waals surface area contributed by atoms with Gasteiger partial charge in [0.15, 0.2) is 0 Å². The summed E-state index contributed by atoms with van der Waals surface area (Å²) >= 11 is 0. The summed E-state index contributed by atoms with van der Waals surface area (Å²) in [6, 6.07) is 8.31. The van der Waals surface area contributed by atoms with Crippen molar-refractivity contribution in [2.75, 3.05) is 19.0 Å². The number of benzene rings is 1. The predicted molar refractivity (Wildman–Crippen MR) is 58.0 cm³/mol. The average molecular weight is 173 g/mol. The molecule has 1 unspecified atom stereocenters. The van der Waals surface area contributed by atoms with Crippen LogP contribution in [0.1, 0.15) is 18.4 Å². The molecule has 0 amide bonds. The van der Waals surface area contributed by atoms with Crippen molar-refractivity contribution in [2.24, 2.45) is 0 Å². The molecule has 0 aliphatic carbocycles. The first kappa shape index (κ1) is 9.67. The molecule has 0 aliphatic heterocycles. The van der Waals surface area contributed by atoms with Crippen LogP contribution in [0.2, 0.25) is 0 Å². The Kier molecular flexibility index (Phi) is 2.97. The van der Waals surface area contributed by atoms with Gasteiger partial charge in [0.05, 0.1) is 0 Å². The highest BCUT2D eigenvalue weighted by molar-refractivity contribution is 5.48. The number of hydrogen-bond acceptors (Lipinski definition) is 1. The van der Waals surface area contributed by atoms with E-state index in [-0.39, 0.29) is 5.92 Å². The van der Waals surface area contributed by atoms with Gasteiger partial charge in [-0.25, -0.2) is 0 Å². The summed E-state index contributed by atoms with van der Waals surface area (Å²) in [7, 11) is 4.05. The third-order valence-corrected chi connectivity index (χ3v) is 2.14. The molecule has 13 heavy (non-hydrogen) atoms. The zero-order valence-electron chi connectivity index (χ0n) is 8.41. The van der Waals surface area contributed by atoms with Crippen molar-refractivity contribution in [1.82, 2.24) is 0 Å². The minimum Gasteiger partial charge on any atom is -0.378 e. The molecule has 1 aromatic rings. The van der Waals surface area contributed by atoms with Gasteiger partial charge in [-0.2, -0.15) is 0 Å². The lowest BCUT2D eigenvalue weighted by molar-refractivity contribution is 0.999. The number of rotatable bonds is 2. The summed E-state index contributed by atoms with van der Waals surface area (Å²) in [4.78, 5) is 2.08. The second-order valence-corrected chi connectivity index (χ2v) is 3.38. The fourth-order valence-electron chi connectivity index (χ4n) is 1.17. The number of nitrogens with zero attached hydrogens (tertiary/aromatic N) is 1. The van der Waals surface area contributed by atoms with Crippen LogP contribution in [0.5, 0.6) is 0 Å². The molecule has 1 rings (SSSR count). The quantitative estimate of drug-likeness (QED) is 0.621. The Morgan fingerprint density at radius 1 is 1.38 bits per heavy atom. The van der Waals surface area contributed by atoms with Crippen LogP contribution in [-0.4, -0.2) is 14.1 Å². The van der Waals surface area contributed by atoms with Crippen molar-refractivity contribution in [1.29, 1.82) is 0 Å². The molecule has 0 saturated carbocycles. The van der Waals surface area contributed by atoms with Crippen molar-refractivity contribution in [3.05, 3.63) is 29.8 Å². The highest BCUT2D eigenvalue weighted by atomic mass is 15.1. The van der Waals surface area contributed by atoms with Crippen molar-refractivity contribution >= 4 is 5.69 Å². The Morgan fingerprint density at radius 2 is 2.08 bits per heavy atom. The Balaban J connectivity index is 3.00. The van der Waals surface area contributed by atoms with Gasteiger partial charge in [-0.1, -0.05) is 18.1 Å².